The molecule has 1 aromatic carbocycles. The number of hydrogen-bond acceptors (Lipinski definition) is 3. The lowest BCUT2D eigenvalue weighted by Crippen LogP contribution is -2.42. The largest absolute Gasteiger partial charge is 0.399 e. The summed E-state index contributed by atoms with van der Waals surface area (Å²) in [7, 11) is 0. The molecule has 0 bridgehead atoms. The molecule has 1 aromatic rings. The molecule has 1 amide bonds. The van der Waals surface area contributed by atoms with Gasteiger partial charge in [-0.15, -0.1) is 0 Å². The van der Waals surface area contributed by atoms with E-state index in [1.165, 1.54) is 0 Å². The molecule has 0 radical (unpaired) electrons. The Morgan fingerprint density at radius 1 is 1.42 bits per heavy atom. The van der Waals surface area contributed by atoms with Gasteiger partial charge in [0.2, 0.25) is 5.91 Å². The van der Waals surface area contributed by atoms with E-state index in [9.17, 15) is 9.90 Å². The van der Waals surface area contributed by atoms with Gasteiger partial charge in [-0.05, 0) is 44.9 Å². The molecule has 0 aromatic heterocycles. The molecule has 0 heterocycles. The second-order valence-electron chi connectivity index (χ2n) is 5.47. The van der Waals surface area contributed by atoms with E-state index in [1.807, 2.05) is 31.2 Å². The first kappa shape index (κ1) is 15.5. The molecular weight excluding hydrogens is 240 g/mol. The smallest absolute Gasteiger partial charge is 0.222 e. The fraction of sp³-hybridized carbons (Fsp3) is 0.533. The number of nitrogens with zero attached hydrogens (tertiary/aromatic N) is 1. The molecule has 4 nitrogen and oxygen atoms in total. The first-order valence-corrected chi connectivity index (χ1v) is 6.66. The van der Waals surface area contributed by atoms with Gasteiger partial charge < -0.3 is 15.7 Å². The van der Waals surface area contributed by atoms with Crippen LogP contribution in [-0.4, -0.2) is 34.6 Å². The number of amides is 1. The van der Waals surface area contributed by atoms with Crippen molar-refractivity contribution in [1.82, 2.24) is 4.90 Å². The summed E-state index contributed by atoms with van der Waals surface area (Å²) >= 11 is 0. The summed E-state index contributed by atoms with van der Waals surface area (Å²) in [6.07, 6.45) is 1.11. The Kier molecular flexibility index (Phi) is 5.36. The van der Waals surface area contributed by atoms with Crippen molar-refractivity contribution in [2.45, 2.75) is 39.2 Å². The summed E-state index contributed by atoms with van der Waals surface area (Å²) in [5.74, 6) is 0.0621. The maximum absolute atomic E-state index is 12.1. The van der Waals surface area contributed by atoms with Crippen molar-refractivity contribution < 1.29 is 9.90 Å². The van der Waals surface area contributed by atoms with E-state index >= 15 is 0 Å². The topological polar surface area (TPSA) is 66.6 Å². The molecule has 0 saturated carbocycles. The van der Waals surface area contributed by atoms with Gasteiger partial charge in [-0.1, -0.05) is 12.1 Å². The highest BCUT2D eigenvalue weighted by Crippen LogP contribution is 2.11. The first-order valence-electron chi connectivity index (χ1n) is 6.66. The van der Waals surface area contributed by atoms with E-state index < -0.39 is 5.60 Å². The number of carbonyl (C=O) groups excluding carboxylic acids is 1. The van der Waals surface area contributed by atoms with Crippen molar-refractivity contribution in [1.29, 1.82) is 0 Å². The lowest BCUT2D eigenvalue weighted by molar-refractivity contribution is -0.133. The molecule has 0 aliphatic rings. The van der Waals surface area contributed by atoms with Gasteiger partial charge in [-0.25, -0.2) is 0 Å². The predicted molar refractivity (Wildman–Crippen MR) is 77.7 cm³/mol. The molecule has 0 spiro atoms. The van der Waals surface area contributed by atoms with Crippen LogP contribution in [0.1, 0.15) is 32.8 Å². The van der Waals surface area contributed by atoms with Crippen LogP contribution < -0.4 is 5.73 Å². The molecule has 0 aliphatic carbocycles. The van der Waals surface area contributed by atoms with Crippen molar-refractivity contribution in [2.75, 3.05) is 18.8 Å². The minimum atomic E-state index is -0.858. The predicted octanol–water partition coefficient (Wildman–Crippen LogP) is 1.82. The Morgan fingerprint density at radius 3 is 2.63 bits per heavy atom. The fourth-order valence-electron chi connectivity index (χ4n) is 2.00. The van der Waals surface area contributed by atoms with Gasteiger partial charge in [-0.2, -0.15) is 0 Å². The maximum atomic E-state index is 12.1. The number of aliphatic hydroxyl groups is 1. The number of nitrogens with two attached hydrogens (primary N) is 1. The van der Waals surface area contributed by atoms with E-state index in [4.69, 9.17) is 5.73 Å². The molecular formula is C15H24N2O2. The molecule has 0 unspecified atom stereocenters. The molecule has 19 heavy (non-hydrogen) atoms. The zero-order valence-corrected chi connectivity index (χ0v) is 12.0. The summed E-state index contributed by atoms with van der Waals surface area (Å²) in [6.45, 7) is 6.31. The van der Waals surface area contributed by atoms with E-state index in [-0.39, 0.29) is 5.91 Å². The van der Waals surface area contributed by atoms with Gasteiger partial charge in [-0.3, -0.25) is 4.79 Å². The number of rotatable bonds is 6. The minimum Gasteiger partial charge on any atom is -0.399 e. The first-order chi connectivity index (χ1) is 8.81. The van der Waals surface area contributed by atoms with Crippen LogP contribution in [0.5, 0.6) is 0 Å². The average molecular weight is 264 g/mol. The van der Waals surface area contributed by atoms with Gasteiger partial charge >= 0.3 is 0 Å². The summed E-state index contributed by atoms with van der Waals surface area (Å²) in [5.41, 5.74) is 6.63. The molecule has 106 valence electrons. The second kappa shape index (κ2) is 6.57. The van der Waals surface area contributed by atoms with E-state index in [0.29, 0.717) is 31.6 Å². The number of likely N-dealkylation sites (N-methyl/N-ethyl adjacent to an activating group) is 1. The average Bonchev–Trinajstić information content (AvgIpc) is 2.32. The Balaban J connectivity index is 2.54. The van der Waals surface area contributed by atoms with Crippen LogP contribution in [0.3, 0.4) is 0 Å². The lowest BCUT2D eigenvalue weighted by atomic mass is 10.1. The highest BCUT2D eigenvalue weighted by molar-refractivity contribution is 5.76. The molecule has 4 heteroatoms. The summed E-state index contributed by atoms with van der Waals surface area (Å²) in [4.78, 5) is 13.8. The zero-order valence-electron chi connectivity index (χ0n) is 12.0. The second-order valence-corrected chi connectivity index (χ2v) is 5.47. The third-order valence-electron chi connectivity index (χ3n) is 2.89. The molecule has 0 fully saturated rings. The van der Waals surface area contributed by atoms with Crippen molar-refractivity contribution in [3.8, 4) is 0 Å². The van der Waals surface area contributed by atoms with Gasteiger partial charge in [0.15, 0.2) is 0 Å². The SMILES string of the molecule is CCN(CC(C)(C)O)C(=O)CCc1cccc(N)c1. The molecule has 0 saturated heterocycles. The molecule has 3 N–H and O–H groups in total. The summed E-state index contributed by atoms with van der Waals surface area (Å²) in [6, 6.07) is 7.58. The zero-order chi connectivity index (χ0) is 14.5. The van der Waals surface area contributed by atoms with Crippen molar-refractivity contribution in [3.05, 3.63) is 29.8 Å². The Hall–Kier alpha value is -1.55. The van der Waals surface area contributed by atoms with Crippen LogP contribution in [0.4, 0.5) is 5.69 Å². The third-order valence-corrected chi connectivity index (χ3v) is 2.89. The number of hydrogen-bond donors (Lipinski definition) is 2. The maximum Gasteiger partial charge on any atom is 0.222 e. The van der Waals surface area contributed by atoms with Crippen LogP contribution in [0.15, 0.2) is 24.3 Å². The minimum absolute atomic E-state index is 0.0621. The number of benzene rings is 1. The summed E-state index contributed by atoms with van der Waals surface area (Å²) < 4.78 is 0. The van der Waals surface area contributed by atoms with E-state index in [0.717, 1.165) is 5.56 Å². The molecule has 1 rings (SSSR count). The van der Waals surface area contributed by atoms with Gasteiger partial charge in [0.25, 0.3) is 0 Å². The van der Waals surface area contributed by atoms with Gasteiger partial charge in [0, 0.05) is 25.2 Å². The Bertz CT molecular complexity index is 424. The monoisotopic (exact) mass is 264 g/mol. The lowest BCUT2D eigenvalue weighted by Gasteiger charge is -2.28. The number of anilines is 1. The van der Waals surface area contributed by atoms with E-state index in [2.05, 4.69) is 0 Å². The van der Waals surface area contributed by atoms with Crippen molar-refractivity contribution in [2.24, 2.45) is 0 Å². The highest BCUT2D eigenvalue weighted by atomic mass is 16.3. The Labute approximate surface area is 115 Å². The standard InChI is InChI=1S/C15H24N2O2/c1-4-17(11-15(2,3)19)14(18)9-8-12-6-5-7-13(16)10-12/h5-7,10,19H,4,8-9,11,16H2,1-3H3. The quantitative estimate of drug-likeness (QED) is 0.770. The van der Waals surface area contributed by atoms with Crippen LogP contribution in [0.25, 0.3) is 0 Å². The normalized spacial score (nSPS) is 11.4. The fourth-order valence-corrected chi connectivity index (χ4v) is 2.00. The van der Waals surface area contributed by atoms with Gasteiger partial charge in [0.1, 0.15) is 0 Å². The Morgan fingerprint density at radius 2 is 2.11 bits per heavy atom. The number of nitrogen functional groups attached to an aromatic ring is 1. The van der Waals surface area contributed by atoms with Gasteiger partial charge in [0.05, 0.1) is 5.60 Å². The highest BCUT2D eigenvalue weighted by Gasteiger charge is 2.20. The van der Waals surface area contributed by atoms with E-state index in [1.54, 1.807) is 18.7 Å². The van der Waals surface area contributed by atoms with Crippen molar-refractivity contribution >= 4 is 11.6 Å². The third kappa shape index (κ3) is 5.75. The summed E-state index contributed by atoms with van der Waals surface area (Å²) in [5, 5.41) is 9.78. The molecule has 0 atom stereocenters. The number of aryl methyl sites for hydroxylation is 1. The number of carbonyl (C=O) groups is 1. The van der Waals surface area contributed by atoms with Crippen LogP contribution in [-0.2, 0) is 11.2 Å². The van der Waals surface area contributed by atoms with Crippen molar-refractivity contribution in [3.63, 3.8) is 0 Å². The van der Waals surface area contributed by atoms with Crippen LogP contribution in [0.2, 0.25) is 0 Å². The van der Waals surface area contributed by atoms with Crippen LogP contribution >= 0.6 is 0 Å². The van der Waals surface area contributed by atoms with Crippen LogP contribution in [0, 0.1) is 0 Å². The molecule has 0 aliphatic heterocycles.